The number of anilines is 1. The van der Waals surface area contributed by atoms with E-state index in [2.05, 4.69) is 10.4 Å². The second-order valence-electron chi connectivity index (χ2n) is 8.25. The molecule has 172 valence electrons. The van der Waals surface area contributed by atoms with E-state index in [4.69, 9.17) is 16.0 Å². The first-order valence-electron chi connectivity index (χ1n) is 10.6. The Kier molecular flexibility index (Phi) is 5.45. The quantitative estimate of drug-likeness (QED) is 0.452. The molecule has 2 amide bonds. The highest BCUT2D eigenvalue weighted by Gasteiger charge is 2.49. The second-order valence-corrected chi connectivity index (χ2v) is 8.69. The average molecular weight is 479 g/mol. The van der Waals surface area contributed by atoms with Gasteiger partial charge in [0.1, 0.15) is 22.7 Å². The summed E-state index contributed by atoms with van der Waals surface area (Å²) in [6, 6.07) is 17.8. The summed E-state index contributed by atoms with van der Waals surface area (Å²) in [6.07, 6.45) is 1.53. The number of halogens is 2. The van der Waals surface area contributed by atoms with E-state index in [0.29, 0.717) is 33.4 Å². The van der Waals surface area contributed by atoms with Gasteiger partial charge >= 0.3 is 0 Å². The largest absolute Gasteiger partial charge is 0.463 e. The Morgan fingerprint density at radius 1 is 1.18 bits per heavy atom. The second kappa shape index (κ2) is 8.46. The first kappa shape index (κ1) is 21.9. The van der Waals surface area contributed by atoms with Crippen LogP contribution in [0.5, 0.6) is 0 Å². The Hall–Kier alpha value is -3.91. The van der Waals surface area contributed by atoms with Gasteiger partial charge in [-0.3, -0.25) is 19.2 Å². The van der Waals surface area contributed by atoms with Gasteiger partial charge in [0.2, 0.25) is 5.91 Å². The molecule has 2 aromatic carbocycles. The van der Waals surface area contributed by atoms with Crippen molar-refractivity contribution in [2.24, 2.45) is 0 Å². The number of hydrogen-bond donors (Lipinski definition) is 1. The van der Waals surface area contributed by atoms with Crippen molar-refractivity contribution in [2.45, 2.75) is 25.6 Å². The molecule has 0 saturated heterocycles. The molecule has 4 aromatic rings. The number of amides is 2. The van der Waals surface area contributed by atoms with Crippen molar-refractivity contribution in [1.29, 1.82) is 0 Å². The minimum atomic E-state index is -1.32. The van der Waals surface area contributed by atoms with Crippen LogP contribution in [0.1, 0.15) is 23.0 Å². The Morgan fingerprint density at radius 3 is 2.68 bits per heavy atom. The fraction of sp³-hybridized carbons (Fsp3) is 0.160. The number of fused-ring (bicyclic) bond motifs is 1. The van der Waals surface area contributed by atoms with Gasteiger partial charge in [-0.15, -0.1) is 0 Å². The van der Waals surface area contributed by atoms with E-state index in [1.807, 2.05) is 0 Å². The molecule has 0 radical (unpaired) electrons. The lowest BCUT2D eigenvalue weighted by Crippen LogP contribution is -2.64. The third-order valence-corrected chi connectivity index (χ3v) is 6.10. The molecule has 3 heterocycles. The monoisotopic (exact) mass is 478 g/mol. The summed E-state index contributed by atoms with van der Waals surface area (Å²) < 4.78 is 20.5. The first-order valence-corrected chi connectivity index (χ1v) is 11.0. The summed E-state index contributed by atoms with van der Waals surface area (Å²) in [5.74, 6) is -0.659. The maximum absolute atomic E-state index is 13.7. The zero-order valence-corrected chi connectivity index (χ0v) is 18.9. The average Bonchev–Trinajstić information content (AvgIpc) is 3.49. The molecule has 1 unspecified atom stereocenters. The van der Waals surface area contributed by atoms with Crippen molar-refractivity contribution in [3.63, 3.8) is 0 Å². The van der Waals surface area contributed by atoms with Crippen LogP contribution in [-0.4, -0.2) is 27.1 Å². The van der Waals surface area contributed by atoms with Crippen LogP contribution in [0.3, 0.4) is 0 Å². The number of benzene rings is 2. The molecule has 1 aliphatic heterocycles. The molecule has 0 spiro atoms. The lowest BCUT2D eigenvalue weighted by molar-refractivity contribution is -0.126. The molecule has 0 bridgehead atoms. The number of nitrogens with zero attached hydrogens (tertiary/aromatic N) is 3. The van der Waals surface area contributed by atoms with Crippen LogP contribution in [0, 0.1) is 5.82 Å². The van der Waals surface area contributed by atoms with E-state index in [9.17, 15) is 14.0 Å². The molecular weight excluding hydrogens is 459 g/mol. The summed E-state index contributed by atoms with van der Waals surface area (Å²) in [6.45, 7) is 1.89. The topological polar surface area (TPSA) is 80.4 Å². The molecule has 5 rings (SSSR count). The van der Waals surface area contributed by atoms with E-state index >= 15 is 0 Å². The zero-order chi connectivity index (χ0) is 23.9. The molecule has 0 saturated carbocycles. The Balaban J connectivity index is 1.53. The number of furan rings is 1. The summed E-state index contributed by atoms with van der Waals surface area (Å²) in [4.78, 5) is 28.7. The lowest BCUT2D eigenvalue weighted by Gasteiger charge is -2.43. The minimum absolute atomic E-state index is 0.104. The third-order valence-electron chi connectivity index (χ3n) is 5.84. The van der Waals surface area contributed by atoms with Crippen molar-refractivity contribution in [3.05, 3.63) is 95.1 Å². The Bertz CT molecular complexity index is 1370. The van der Waals surface area contributed by atoms with Crippen LogP contribution in [0.15, 0.2) is 77.4 Å². The van der Waals surface area contributed by atoms with Crippen molar-refractivity contribution < 1.29 is 18.4 Å². The molecule has 0 fully saturated rings. The van der Waals surface area contributed by atoms with E-state index in [1.165, 1.54) is 28.0 Å². The molecule has 2 aromatic heterocycles. The fourth-order valence-corrected chi connectivity index (χ4v) is 4.27. The number of carbonyl (C=O) groups is 2. The van der Waals surface area contributed by atoms with Crippen molar-refractivity contribution in [2.75, 3.05) is 4.90 Å². The normalized spacial score (nSPS) is 17.5. The molecule has 7 nitrogen and oxygen atoms in total. The molecule has 1 aliphatic rings. The predicted molar refractivity (Wildman–Crippen MR) is 125 cm³/mol. The maximum atomic E-state index is 13.7. The minimum Gasteiger partial charge on any atom is -0.463 e. The van der Waals surface area contributed by atoms with Gasteiger partial charge in [0.05, 0.1) is 12.8 Å². The number of rotatable bonds is 5. The van der Waals surface area contributed by atoms with Crippen molar-refractivity contribution >= 4 is 29.1 Å². The van der Waals surface area contributed by atoms with Gasteiger partial charge in [-0.25, -0.2) is 4.39 Å². The fourth-order valence-electron chi connectivity index (χ4n) is 4.14. The third kappa shape index (κ3) is 3.86. The van der Waals surface area contributed by atoms with E-state index < -0.39 is 11.4 Å². The van der Waals surface area contributed by atoms with Crippen LogP contribution >= 0.6 is 11.6 Å². The van der Waals surface area contributed by atoms with Gasteiger partial charge in [-0.1, -0.05) is 23.7 Å². The maximum Gasteiger partial charge on any atom is 0.277 e. The summed E-state index contributed by atoms with van der Waals surface area (Å²) in [7, 11) is 0. The molecule has 34 heavy (non-hydrogen) atoms. The Morgan fingerprint density at radius 2 is 1.97 bits per heavy atom. The SMILES string of the molecule is CC1(C(=O)NCc2cccc(F)c2)Cn2nc(-c3ccco3)cc2C(=O)N1c1ccc(Cl)cc1. The zero-order valence-electron chi connectivity index (χ0n) is 18.2. The highest BCUT2D eigenvalue weighted by molar-refractivity contribution is 6.30. The van der Waals surface area contributed by atoms with Crippen molar-refractivity contribution in [1.82, 2.24) is 15.1 Å². The number of aromatic nitrogens is 2. The summed E-state index contributed by atoms with van der Waals surface area (Å²) >= 11 is 6.05. The number of carbonyl (C=O) groups excluding carboxylic acids is 2. The van der Waals surface area contributed by atoms with E-state index in [-0.39, 0.29) is 24.8 Å². The summed E-state index contributed by atoms with van der Waals surface area (Å²) in [5, 5.41) is 7.88. The van der Waals surface area contributed by atoms with Crippen LogP contribution in [0.25, 0.3) is 11.5 Å². The van der Waals surface area contributed by atoms with Crippen LogP contribution < -0.4 is 10.2 Å². The number of nitrogens with one attached hydrogen (secondary N) is 1. The van der Waals surface area contributed by atoms with E-state index in [1.54, 1.807) is 61.5 Å². The molecule has 1 atom stereocenters. The highest BCUT2D eigenvalue weighted by Crippen LogP contribution is 2.34. The van der Waals surface area contributed by atoms with Gasteiger partial charge in [-0.2, -0.15) is 5.10 Å². The van der Waals surface area contributed by atoms with Gasteiger partial charge in [0.15, 0.2) is 5.76 Å². The number of hydrogen-bond acceptors (Lipinski definition) is 4. The van der Waals surface area contributed by atoms with Crippen LogP contribution in [0.4, 0.5) is 10.1 Å². The van der Waals surface area contributed by atoms with Crippen LogP contribution in [-0.2, 0) is 17.9 Å². The van der Waals surface area contributed by atoms with Gasteiger partial charge in [0, 0.05) is 23.3 Å². The first-order chi connectivity index (χ1) is 16.3. The van der Waals surface area contributed by atoms with Gasteiger partial charge in [0.25, 0.3) is 5.91 Å². The van der Waals surface area contributed by atoms with Crippen LogP contribution in [0.2, 0.25) is 5.02 Å². The highest BCUT2D eigenvalue weighted by atomic mass is 35.5. The van der Waals surface area contributed by atoms with Gasteiger partial charge in [-0.05, 0) is 61.0 Å². The molecular formula is C25H20ClFN4O3. The standard InChI is InChI=1S/C25H20ClFN4O3/c1-25(24(33)28-14-16-4-2-5-18(27)12-16)15-30-21(13-20(29-30)22-6-3-11-34-22)23(32)31(25)19-9-7-17(26)8-10-19/h2-13H,14-15H2,1H3,(H,28,33). The summed E-state index contributed by atoms with van der Waals surface area (Å²) in [5.41, 5.74) is 0.630. The molecule has 1 N–H and O–H groups in total. The molecule has 0 aliphatic carbocycles. The predicted octanol–water partition coefficient (Wildman–Crippen LogP) is 4.67. The smallest absolute Gasteiger partial charge is 0.277 e. The lowest BCUT2D eigenvalue weighted by atomic mass is 9.94. The van der Waals surface area contributed by atoms with Gasteiger partial charge < -0.3 is 9.73 Å². The Labute approximate surface area is 199 Å². The van der Waals surface area contributed by atoms with Crippen molar-refractivity contribution in [3.8, 4) is 11.5 Å². The van der Waals surface area contributed by atoms with E-state index in [0.717, 1.165) is 0 Å². The molecule has 9 heteroatoms.